The van der Waals surface area contributed by atoms with Crippen molar-refractivity contribution in [3.8, 4) is 0 Å². The molecule has 0 aliphatic rings. The molecule has 0 unspecified atom stereocenters. The molecule has 156 valence electrons. The van der Waals surface area contributed by atoms with Gasteiger partial charge in [0.05, 0.1) is 0 Å². The van der Waals surface area contributed by atoms with Crippen molar-refractivity contribution in [2.45, 2.75) is 65.5 Å². The van der Waals surface area contributed by atoms with E-state index in [1.54, 1.807) is 59.7 Å². The highest BCUT2D eigenvalue weighted by molar-refractivity contribution is 6.00. The highest BCUT2D eigenvalue weighted by Crippen LogP contribution is 2.22. The van der Waals surface area contributed by atoms with Crippen molar-refractivity contribution in [1.29, 1.82) is 5.41 Å². The Morgan fingerprint density at radius 1 is 1.04 bits per heavy atom. The first-order chi connectivity index (χ1) is 12.5. The Labute approximate surface area is 165 Å². The topological polar surface area (TPSA) is 144 Å². The van der Waals surface area contributed by atoms with Gasteiger partial charge in [0.25, 0.3) is 0 Å². The van der Waals surface area contributed by atoms with Crippen LogP contribution in [0.5, 0.6) is 0 Å². The van der Waals surface area contributed by atoms with Gasteiger partial charge < -0.3 is 9.47 Å². The Morgan fingerprint density at radius 3 is 2.04 bits per heavy atom. The first-order valence-electron chi connectivity index (χ1n) is 8.79. The summed E-state index contributed by atoms with van der Waals surface area (Å²) in [6.45, 7) is 11.8. The Balaban J connectivity index is 3.27. The van der Waals surface area contributed by atoms with Gasteiger partial charge in [-0.15, -0.1) is 0 Å². The zero-order chi connectivity index (χ0) is 21.9. The normalized spacial score (nSPS) is 12.2. The van der Waals surface area contributed by atoms with E-state index >= 15 is 0 Å². The molecule has 0 spiro atoms. The summed E-state index contributed by atoms with van der Waals surface area (Å²) in [6.07, 6.45) is -1.91. The summed E-state index contributed by atoms with van der Waals surface area (Å²) in [5.74, 6) is -2.63. The van der Waals surface area contributed by atoms with E-state index in [1.807, 2.05) is 13.0 Å². The minimum atomic E-state index is -1.96. The molecule has 0 aromatic heterocycles. The second-order valence-corrected chi connectivity index (χ2v) is 8.49. The van der Waals surface area contributed by atoms with Gasteiger partial charge in [-0.1, -0.05) is 29.8 Å². The Kier molecular flexibility index (Phi) is 6.81. The number of ether oxygens (including phenoxy) is 2. The number of nitrogens with two attached hydrogens (primary N) is 2. The van der Waals surface area contributed by atoms with Crippen molar-refractivity contribution < 1.29 is 19.1 Å². The molecule has 0 radical (unpaired) electrons. The molecule has 0 bridgehead atoms. The lowest BCUT2D eigenvalue weighted by Crippen LogP contribution is -2.67. The average Bonchev–Trinajstić information content (AvgIpc) is 2.42. The van der Waals surface area contributed by atoms with E-state index in [9.17, 15) is 9.59 Å². The van der Waals surface area contributed by atoms with Crippen molar-refractivity contribution >= 4 is 18.1 Å². The van der Waals surface area contributed by atoms with Crippen LogP contribution in [0.2, 0.25) is 0 Å². The minimum Gasteiger partial charge on any atom is -0.444 e. The van der Waals surface area contributed by atoms with E-state index in [4.69, 9.17) is 26.4 Å². The number of benzene rings is 1. The lowest BCUT2D eigenvalue weighted by molar-refractivity contribution is 0.0172. The van der Waals surface area contributed by atoms with Gasteiger partial charge in [-0.25, -0.2) is 14.5 Å². The monoisotopic (exact) mass is 393 g/mol. The molecule has 28 heavy (non-hydrogen) atoms. The molecule has 0 heterocycles. The number of hydrogen-bond donors (Lipinski definition) is 4. The van der Waals surface area contributed by atoms with Gasteiger partial charge in [0.2, 0.25) is 5.96 Å². The summed E-state index contributed by atoms with van der Waals surface area (Å²) in [4.78, 5) is 25.5. The molecule has 1 aromatic rings. The third kappa shape index (κ3) is 6.82. The summed E-state index contributed by atoms with van der Waals surface area (Å²) in [5, 5.41) is 10.4. The Hall–Kier alpha value is -2.65. The first-order valence-corrected chi connectivity index (χ1v) is 8.79. The summed E-state index contributed by atoms with van der Waals surface area (Å²) in [6, 6.07) is 6.85. The van der Waals surface area contributed by atoms with Crippen LogP contribution in [0.15, 0.2) is 24.3 Å². The molecule has 1 rings (SSSR count). The van der Waals surface area contributed by atoms with Crippen molar-refractivity contribution in [2.75, 3.05) is 0 Å². The highest BCUT2D eigenvalue weighted by Gasteiger charge is 2.41. The fourth-order valence-corrected chi connectivity index (χ4v) is 2.21. The molecule has 0 fully saturated rings. The Morgan fingerprint density at radius 2 is 1.57 bits per heavy atom. The molecule has 0 saturated heterocycles. The van der Waals surface area contributed by atoms with E-state index in [1.165, 1.54) is 0 Å². The largest absolute Gasteiger partial charge is 0.444 e. The second kappa shape index (κ2) is 8.15. The summed E-state index contributed by atoms with van der Waals surface area (Å²) in [7, 11) is 0. The molecular formula is C19H31N5O4. The van der Waals surface area contributed by atoms with Gasteiger partial charge >= 0.3 is 12.2 Å². The molecule has 6 N–H and O–H groups in total. The Bertz CT molecular complexity index is 747. The molecule has 0 aliphatic carbocycles. The van der Waals surface area contributed by atoms with Crippen molar-refractivity contribution in [3.05, 3.63) is 35.4 Å². The van der Waals surface area contributed by atoms with Crippen LogP contribution in [0.25, 0.3) is 0 Å². The molecule has 0 aliphatic heterocycles. The fourth-order valence-electron chi connectivity index (χ4n) is 2.21. The van der Waals surface area contributed by atoms with Crippen LogP contribution in [-0.4, -0.2) is 34.2 Å². The number of alkyl carbamates (subject to hydrolysis) is 1. The van der Waals surface area contributed by atoms with Gasteiger partial charge in [-0.05, 0) is 48.5 Å². The maximum absolute atomic E-state index is 12.8. The number of rotatable bonds is 2. The zero-order valence-electron chi connectivity index (χ0n) is 17.5. The van der Waals surface area contributed by atoms with Crippen LogP contribution in [-0.2, 0) is 15.3 Å². The number of guanidine groups is 1. The summed E-state index contributed by atoms with van der Waals surface area (Å²) in [5.41, 5.74) is 12.0. The van der Waals surface area contributed by atoms with Crippen LogP contribution in [0.1, 0.15) is 52.7 Å². The van der Waals surface area contributed by atoms with Crippen molar-refractivity contribution in [2.24, 2.45) is 11.5 Å². The zero-order valence-corrected chi connectivity index (χ0v) is 17.5. The number of aryl methyl sites for hydroxylation is 1. The van der Waals surface area contributed by atoms with Crippen molar-refractivity contribution in [3.63, 3.8) is 0 Å². The third-order valence-corrected chi connectivity index (χ3v) is 3.27. The van der Waals surface area contributed by atoms with Gasteiger partial charge in [0, 0.05) is 5.56 Å². The molecule has 0 saturated carbocycles. The van der Waals surface area contributed by atoms with Crippen LogP contribution in [0.3, 0.4) is 0 Å². The average molecular weight is 393 g/mol. The number of nitrogens with zero attached hydrogens (tertiary/aromatic N) is 1. The lowest BCUT2D eigenvalue weighted by atomic mass is 10.1. The summed E-state index contributed by atoms with van der Waals surface area (Å²) >= 11 is 0. The number of nitrogens with one attached hydrogen (secondary N) is 2. The molecule has 1 aromatic carbocycles. The molecule has 2 amide bonds. The standard InChI is InChI=1S/C19H31N5O4/c1-12-9-8-10-13(11-12)19(21,22)24(16(26)28-18(5,6)7)14(20)23-15(25)27-17(2,3)4/h8-11H,21-22H2,1-7H3,(H2,20,23,25). The fraction of sp³-hybridized carbons (Fsp3) is 0.526. The number of amides is 2. The molecule has 0 atom stereocenters. The predicted molar refractivity (Wildman–Crippen MR) is 106 cm³/mol. The van der Waals surface area contributed by atoms with E-state index in [-0.39, 0.29) is 0 Å². The maximum Gasteiger partial charge on any atom is 0.420 e. The van der Waals surface area contributed by atoms with Gasteiger partial charge in [-0.2, -0.15) is 0 Å². The van der Waals surface area contributed by atoms with Gasteiger partial charge in [0.15, 0.2) is 5.79 Å². The molecular weight excluding hydrogens is 362 g/mol. The SMILES string of the molecule is Cc1cccc(C(N)(N)N(C(=N)NC(=O)OC(C)(C)C)C(=O)OC(C)(C)C)c1. The smallest absolute Gasteiger partial charge is 0.420 e. The second-order valence-electron chi connectivity index (χ2n) is 8.49. The van der Waals surface area contributed by atoms with E-state index in [0.717, 1.165) is 5.56 Å². The van der Waals surface area contributed by atoms with E-state index in [0.29, 0.717) is 10.5 Å². The number of carbonyl (C=O) groups is 2. The lowest BCUT2D eigenvalue weighted by Gasteiger charge is -2.38. The minimum absolute atomic E-state index is 0.356. The third-order valence-electron chi connectivity index (χ3n) is 3.27. The summed E-state index contributed by atoms with van der Waals surface area (Å²) < 4.78 is 10.5. The predicted octanol–water partition coefficient (Wildman–Crippen LogP) is 2.72. The van der Waals surface area contributed by atoms with Crippen molar-refractivity contribution in [1.82, 2.24) is 10.2 Å². The number of hydrogen-bond acceptors (Lipinski definition) is 7. The quantitative estimate of drug-likeness (QED) is 0.345. The van der Waals surface area contributed by atoms with Crippen LogP contribution < -0.4 is 16.8 Å². The van der Waals surface area contributed by atoms with Crippen LogP contribution >= 0.6 is 0 Å². The van der Waals surface area contributed by atoms with E-state index in [2.05, 4.69) is 5.32 Å². The molecule has 9 nitrogen and oxygen atoms in total. The van der Waals surface area contributed by atoms with E-state index < -0.39 is 35.1 Å². The van der Waals surface area contributed by atoms with Crippen LogP contribution in [0.4, 0.5) is 9.59 Å². The maximum atomic E-state index is 12.8. The highest BCUT2D eigenvalue weighted by atomic mass is 16.6. The number of carbonyl (C=O) groups excluding carboxylic acids is 2. The van der Waals surface area contributed by atoms with Crippen LogP contribution in [0, 0.1) is 12.3 Å². The molecule has 9 heteroatoms. The van der Waals surface area contributed by atoms with Gasteiger partial charge in [0.1, 0.15) is 11.2 Å². The van der Waals surface area contributed by atoms with Gasteiger partial charge in [-0.3, -0.25) is 22.2 Å². The first kappa shape index (κ1) is 23.4.